The van der Waals surface area contributed by atoms with Gasteiger partial charge in [-0.2, -0.15) is 0 Å². The van der Waals surface area contributed by atoms with E-state index in [1.54, 1.807) is 0 Å². The Kier molecular flexibility index (Phi) is 7.57. The fourth-order valence-corrected chi connectivity index (χ4v) is 3.86. The first-order valence-corrected chi connectivity index (χ1v) is 11.7. The van der Waals surface area contributed by atoms with Gasteiger partial charge in [0.15, 0.2) is 0 Å². The predicted molar refractivity (Wildman–Crippen MR) is 147 cm³/mol. The Balaban J connectivity index is 0.000000336. The van der Waals surface area contributed by atoms with Gasteiger partial charge in [0.1, 0.15) is 0 Å². The average Bonchev–Trinajstić information content (AvgIpc) is 2.89. The fraction of sp³-hybridized carbons (Fsp3) is 0.0909. The van der Waals surface area contributed by atoms with Gasteiger partial charge in [0.2, 0.25) is 0 Å². The second kappa shape index (κ2) is 11.2. The van der Waals surface area contributed by atoms with Crippen LogP contribution in [0.1, 0.15) is 16.7 Å². The lowest BCUT2D eigenvalue weighted by molar-refractivity contribution is 1.28. The summed E-state index contributed by atoms with van der Waals surface area (Å²) in [4.78, 5) is 2.28. The molecule has 0 saturated carbocycles. The lowest BCUT2D eigenvalue weighted by Crippen LogP contribution is -2.09. The maximum Gasteiger partial charge on any atom is 0.0462 e. The van der Waals surface area contributed by atoms with Crippen LogP contribution >= 0.6 is 0 Å². The standard InChI is InChI=1S/C26H23N.C7H8/c1-20-13-14-23(19-21(20)2)22-15-17-26(18-16-22)27(24-9-5-3-6-10-24)25-11-7-4-8-12-25;1-7-5-3-2-4-6-7/h3-19H,1-2H3;2-6H,1H3. The Labute approximate surface area is 204 Å². The molecule has 5 aromatic rings. The molecule has 0 heterocycles. The van der Waals surface area contributed by atoms with Crippen molar-refractivity contribution in [2.45, 2.75) is 20.8 Å². The zero-order chi connectivity index (χ0) is 23.8. The highest BCUT2D eigenvalue weighted by Crippen LogP contribution is 2.35. The van der Waals surface area contributed by atoms with Gasteiger partial charge >= 0.3 is 0 Å². The minimum Gasteiger partial charge on any atom is -0.311 e. The number of benzene rings is 5. The summed E-state index contributed by atoms with van der Waals surface area (Å²) in [6.07, 6.45) is 0. The average molecular weight is 442 g/mol. The van der Waals surface area contributed by atoms with E-state index in [1.807, 2.05) is 18.2 Å². The molecule has 0 aliphatic carbocycles. The van der Waals surface area contributed by atoms with Crippen LogP contribution in [-0.2, 0) is 0 Å². The van der Waals surface area contributed by atoms with E-state index in [4.69, 9.17) is 0 Å². The monoisotopic (exact) mass is 441 g/mol. The SMILES string of the molecule is Cc1ccc(-c2ccc(N(c3ccccc3)c3ccccc3)cc2)cc1C.Cc1ccccc1. The molecule has 0 amide bonds. The van der Waals surface area contributed by atoms with Gasteiger partial charge in [-0.15, -0.1) is 0 Å². The van der Waals surface area contributed by atoms with E-state index in [0.29, 0.717) is 0 Å². The molecular formula is C33H31N. The maximum absolute atomic E-state index is 2.28. The highest BCUT2D eigenvalue weighted by atomic mass is 15.1. The fourth-order valence-electron chi connectivity index (χ4n) is 3.86. The van der Waals surface area contributed by atoms with E-state index in [2.05, 4.69) is 141 Å². The number of nitrogens with zero attached hydrogens (tertiary/aromatic N) is 1. The highest BCUT2D eigenvalue weighted by Gasteiger charge is 2.11. The number of anilines is 3. The van der Waals surface area contributed by atoms with E-state index in [0.717, 1.165) is 17.1 Å². The van der Waals surface area contributed by atoms with Crippen molar-refractivity contribution in [2.24, 2.45) is 0 Å². The highest BCUT2D eigenvalue weighted by molar-refractivity contribution is 5.78. The van der Waals surface area contributed by atoms with Crippen molar-refractivity contribution < 1.29 is 0 Å². The molecule has 5 rings (SSSR count). The van der Waals surface area contributed by atoms with Gasteiger partial charge < -0.3 is 4.90 Å². The molecule has 0 unspecified atom stereocenters. The van der Waals surface area contributed by atoms with Crippen molar-refractivity contribution in [1.29, 1.82) is 0 Å². The molecule has 1 heteroatoms. The maximum atomic E-state index is 2.28. The van der Waals surface area contributed by atoms with Crippen molar-refractivity contribution >= 4 is 17.1 Å². The number of para-hydroxylation sites is 2. The van der Waals surface area contributed by atoms with Crippen molar-refractivity contribution in [3.63, 3.8) is 0 Å². The van der Waals surface area contributed by atoms with Gasteiger partial charge in [0.05, 0.1) is 0 Å². The van der Waals surface area contributed by atoms with Crippen LogP contribution in [0.4, 0.5) is 17.1 Å². The van der Waals surface area contributed by atoms with E-state index in [1.165, 1.54) is 27.8 Å². The molecule has 5 aromatic carbocycles. The lowest BCUT2D eigenvalue weighted by atomic mass is 10.00. The minimum atomic E-state index is 1.15. The molecular weight excluding hydrogens is 410 g/mol. The first kappa shape index (κ1) is 23.1. The van der Waals surface area contributed by atoms with Gasteiger partial charge in [0, 0.05) is 17.1 Å². The van der Waals surface area contributed by atoms with Gasteiger partial charge in [-0.05, 0) is 79.4 Å². The van der Waals surface area contributed by atoms with Crippen molar-refractivity contribution in [3.05, 3.63) is 150 Å². The summed E-state index contributed by atoms with van der Waals surface area (Å²) in [5.41, 5.74) is 9.94. The zero-order valence-electron chi connectivity index (χ0n) is 20.1. The van der Waals surface area contributed by atoms with Crippen LogP contribution in [0, 0.1) is 20.8 Å². The molecule has 0 saturated heterocycles. The second-order valence-corrected chi connectivity index (χ2v) is 8.51. The summed E-state index contributed by atoms with van der Waals surface area (Å²) < 4.78 is 0. The summed E-state index contributed by atoms with van der Waals surface area (Å²) in [5, 5.41) is 0. The summed E-state index contributed by atoms with van der Waals surface area (Å²) >= 11 is 0. The molecule has 168 valence electrons. The van der Waals surface area contributed by atoms with Crippen molar-refractivity contribution in [3.8, 4) is 11.1 Å². The normalized spacial score (nSPS) is 10.2. The number of aryl methyl sites for hydroxylation is 3. The van der Waals surface area contributed by atoms with E-state index >= 15 is 0 Å². The lowest BCUT2D eigenvalue weighted by Gasteiger charge is -2.25. The van der Waals surface area contributed by atoms with Crippen LogP contribution in [0.25, 0.3) is 11.1 Å². The quantitative estimate of drug-likeness (QED) is 0.268. The Morgan fingerprint density at radius 1 is 0.382 bits per heavy atom. The largest absolute Gasteiger partial charge is 0.311 e. The van der Waals surface area contributed by atoms with Crippen molar-refractivity contribution in [1.82, 2.24) is 0 Å². The summed E-state index contributed by atoms with van der Waals surface area (Å²) in [6, 6.07) is 46.7. The van der Waals surface area contributed by atoms with Crippen molar-refractivity contribution in [2.75, 3.05) is 4.90 Å². The molecule has 0 aliphatic heterocycles. The molecule has 0 aromatic heterocycles. The van der Waals surface area contributed by atoms with Gasteiger partial charge in [0.25, 0.3) is 0 Å². The molecule has 0 bridgehead atoms. The van der Waals surface area contributed by atoms with Crippen LogP contribution in [-0.4, -0.2) is 0 Å². The Bertz CT molecular complexity index is 1250. The van der Waals surface area contributed by atoms with Crippen LogP contribution in [0.2, 0.25) is 0 Å². The summed E-state index contributed by atoms with van der Waals surface area (Å²) in [7, 11) is 0. The Hall–Kier alpha value is -4.10. The second-order valence-electron chi connectivity index (χ2n) is 8.51. The van der Waals surface area contributed by atoms with E-state index in [9.17, 15) is 0 Å². The number of rotatable bonds is 4. The first-order valence-electron chi connectivity index (χ1n) is 11.7. The molecule has 0 radical (unpaired) electrons. The predicted octanol–water partition coefficient (Wildman–Crippen LogP) is 9.44. The van der Waals surface area contributed by atoms with E-state index in [-0.39, 0.29) is 0 Å². The van der Waals surface area contributed by atoms with Crippen LogP contribution in [0.15, 0.2) is 133 Å². The van der Waals surface area contributed by atoms with Crippen LogP contribution in [0.5, 0.6) is 0 Å². The topological polar surface area (TPSA) is 3.24 Å². The molecule has 0 N–H and O–H groups in total. The molecule has 34 heavy (non-hydrogen) atoms. The van der Waals surface area contributed by atoms with Gasteiger partial charge in [-0.1, -0.05) is 103 Å². The molecule has 1 nitrogen and oxygen atoms in total. The Morgan fingerprint density at radius 2 is 0.824 bits per heavy atom. The number of hydrogen-bond donors (Lipinski definition) is 0. The smallest absolute Gasteiger partial charge is 0.0462 e. The zero-order valence-corrected chi connectivity index (χ0v) is 20.1. The third-order valence-corrected chi connectivity index (χ3v) is 5.93. The molecule has 0 atom stereocenters. The first-order chi connectivity index (χ1) is 16.6. The van der Waals surface area contributed by atoms with Crippen LogP contribution in [0.3, 0.4) is 0 Å². The Morgan fingerprint density at radius 3 is 1.26 bits per heavy atom. The molecule has 0 spiro atoms. The third kappa shape index (κ3) is 5.82. The van der Waals surface area contributed by atoms with Crippen LogP contribution < -0.4 is 4.90 Å². The van der Waals surface area contributed by atoms with Gasteiger partial charge in [-0.3, -0.25) is 0 Å². The van der Waals surface area contributed by atoms with E-state index < -0.39 is 0 Å². The number of hydrogen-bond acceptors (Lipinski definition) is 1. The summed E-state index contributed by atoms with van der Waals surface area (Å²) in [5.74, 6) is 0. The minimum absolute atomic E-state index is 1.15. The molecule has 0 aliphatic rings. The van der Waals surface area contributed by atoms with Gasteiger partial charge in [-0.25, -0.2) is 0 Å². The third-order valence-electron chi connectivity index (χ3n) is 5.93. The molecule has 0 fully saturated rings. The summed E-state index contributed by atoms with van der Waals surface area (Å²) in [6.45, 7) is 6.40.